The summed E-state index contributed by atoms with van der Waals surface area (Å²) in [5.74, 6) is 0.348. The minimum absolute atomic E-state index is 0.245. The summed E-state index contributed by atoms with van der Waals surface area (Å²) in [5.41, 5.74) is 3.82. The van der Waals surface area contributed by atoms with Crippen molar-refractivity contribution >= 4 is 39.7 Å². The zero-order chi connectivity index (χ0) is 18.0. The normalized spacial score (nSPS) is 11.6. The van der Waals surface area contributed by atoms with E-state index in [1.54, 1.807) is 31.7 Å². The third-order valence-corrected chi connectivity index (χ3v) is 4.18. The molecule has 1 amide bonds. The Morgan fingerprint density at radius 1 is 1.40 bits per heavy atom. The lowest BCUT2D eigenvalue weighted by atomic mass is 10.0. The van der Waals surface area contributed by atoms with Gasteiger partial charge in [-0.2, -0.15) is 0 Å². The van der Waals surface area contributed by atoms with Gasteiger partial charge in [0.15, 0.2) is 5.15 Å². The lowest BCUT2D eigenvalue weighted by Gasteiger charge is -2.10. The van der Waals surface area contributed by atoms with Gasteiger partial charge < -0.3 is 14.5 Å². The highest BCUT2D eigenvalue weighted by Gasteiger charge is 2.13. The number of amides is 1. The van der Waals surface area contributed by atoms with Gasteiger partial charge >= 0.3 is 0 Å². The molecule has 0 atom stereocenters. The van der Waals surface area contributed by atoms with Crippen molar-refractivity contribution in [1.82, 2.24) is 4.98 Å². The first-order chi connectivity index (χ1) is 12.0. The lowest BCUT2D eigenvalue weighted by molar-refractivity contribution is -0.111. The van der Waals surface area contributed by atoms with E-state index in [9.17, 15) is 4.79 Å². The Kier molecular flexibility index (Phi) is 4.76. The first kappa shape index (κ1) is 17.0. The molecular weight excluding hydrogens is 340 g/mol. The molecule has 2 aromatic heterocycles. The van der Waals surface area contributed by atoms with Crippen LogP contribution in [0.3, 0.4) is 0 Å². The van der Waals surface area contributed by atoms with E-state index in [0.29, 0.717) is 11.4 Å². The van der Waals surface area contributed by atoms with Gasteiger partial charge in [-0.3, -0.25) is 4.79 Å². The number of nitrogens with one attached hydrogen (secondary N) is 1. The summed E-state index contributed by atoms with van der Waals surface area (Å²) in [5, 5.41) is 3.95. The molecule has 0 radical (unpaired) electrons. The third-order valence-electron chi connectivity index (χ3n) is 3.88. The van der Waals surface area contributed by atoms with Gasteiger partial charge in [-0.1, -0.05) is 11.6 Å². The number of allylic oxidation sites excluding steroid dienone is 1. The highest BCUT2D eigenvalue weighted by Crippen LogP contribution is 2.33. The van der Waals surface area contributed by atoms with E-state index in [4.69, 9.17) is 20.8 Å². The number of methoxy groups -OCH3 is 1. The van der Waals surface area contributed by atoms with Gasteiger partial charge in [0.2, 0.25) is 5.91 Å². The highest BCUT2D eigenvalue weighted by molar-refractivity contribution is 6.32. The van der Waals surface area contributed by atoms with Crippen LogP contribution in [0.25, 0.3) is 16.5 Å². The Hall–Kier alpha value is -2.79. The maximum atomic E-state index is 12.3. The molecule has 5 nitrogen and oxygen atoms in total. The predicted octanol–water partition coefficient (Wildman–Crippen LogP) is 4.84. The smallest absolute Gasteiger partial charge is 0.248 e. The Labute approximate surface area is 150 Å². The summed E-state index contributed by atoms with van der Waals surface area (Å²) in [6, 6.07) is 7.18. The monoisotopic (exact) mass is 356 g/mol. The van der Waals surface area contributed by atoms with Gasteiger partial charge in [-0.15, -0.1) is 0 Å². The van der Waals surface area contributed by atoms with E-state index in [-0.39, 0.29) is 11.1 Å². The summed E-state index contributed by atoms with van der Waals surface area (Å²) in [4.78, 5) is 16.2. The molecular formula is C19H17ClN2O3. The molecule has 1 N–H and O–H groups in total. The number of carbonyl (C=O) groups excluding carboxylic acids is 1. The Bertz CT molecular complexity index is 976. The number of nitrogens with zero attached hydrogens (tertiary/aromatic N) is 1. The molecule has 0 saturated carbocycles. The van der Waals surface area contributed by atoms with Gasteiger partial charge in [-0.25, -0.2) is 4.98 Å². The van der Waals surface area contributed by atoms with Crippen molar-refractivity contribution in [1.29, 1.82) is 0 Å². The second kappa shape index (κ2) is 6.99. The Morgan fingerprint density at radius 3 is 2.92 bits per heavy atom. The fourth-order valence-corrected chi connectivity index (χ4v) is 2.75. The zero-order valence-electron chi connectivity index (χ0n) is 14.1. The SMILES string of the molecule is COc1cc2occ(C)c2cc1/C(C)=C/C(=O)Nc1cccnc1Cl. The molecule has 6 heteroatoms. The van der Waals surface area contributed by atoms with Crippen molar-refractivity contribution in [2.45, 2.75) is 13.8 Å². The zero-order valence-corrected chi connectivity index (χ0v) is 14.8. The molecule has 25 heavy (non-hydrogen) atoms. The first-order valence-corrected chi connectivity index (χ1v) is 8.03. The standard InChI is InChI=1S/C19H17ClN2O3/c1-11(7-18(23)22-15-5-4-6-21-19(15)20)13-8-14-12(2)10-25-17(14)9-16(13)24-3/h4-10H,1-3H3,(H,22,23)/b11-7+. The van der Waals surface area contributed by atoms with Crippen molar-refractivity contribution in [2.24, 2.45) is 0 Å². The summed E-state index contributed by atoms with van der Waals surface area (Å²) in [6.45, 7) is 3.82. The van der Waals surface area contributed by atoms with E-state index in [1.807, 2.05) is 26.0 Å². The van der Waals surface area contributed by atoms with Crippen LogP contribution in [-0.2, 0) is 4.79 Å². The quantitative estimate of drug-likeness (QED) is 0.536. The molecule has 0 aliphatic heterocycles. The minimum Gasteiger partial charge on any atom is -0.496 e. The van der Waals surface area contributed by atoms with Crippen LogP contribution in [0.15, 0.2) is 47.2 Å². The molecule has 2 heterocycles. The topological polar surface area (TPSA) is 64.4 Å². The summed E-state index contributed by atoms with van der Waals surface area (Å²) in [6.07, 6.45) is 4.76. The fourth-order valence-electron chi connectivity index (χ4n) is 2.58. The largest absolute Gasteiger partial charge is 0.496 e. The molecule has 3 rings (SSSR count). The summed E-state index contributed by atoms with van der Waals surface area (Å²) in [7, 11) is 1.59. The van der Waals surface area contributed by atoms with Crippen molar-refractivity contribution in [2.75, 3.05) is 12.4 Å². The van der Waals surface area contributed by atoms with Gasteiger partial charge in [0.25, 0.3) is 0 Å². The maximum absolute atomic E-state index is 12.3. The minimum atomic E-state index is -0.293. The first-order valence-electron chi connectivity index (χ1n) is 7.65. The number of hydrogen-bond acceptors (Lipinski definition) is 4. The molecule has 1 aromatic carbocycles. The van der Waals surface area contributed by atoms with E-state index >= 15 is 0 Å². The molecule has 0 aliphatic carbocycles. The average Bonchev–Trinajstić information content (AvgIpc) is 2.96. The molecule has 0 unspecified atom stereocenters. The second-order valence-corrected chi connectivity index (χ2v) is 5.98. The maximum Gasteiger partial charge on any atom is 0.248 e. The molecule has 3 aromatic rings. The van der Waals surface area contributed by atoms with Crippen LogP contribution >= 0.6 is 11.6 Å². The Balaban J connectivity index is 1.93. The van der Waals surface area contributed by atoms with E-state index in [1.165, 1.54) is 6.08 Å². The van der Waals surface area contributed by atoms with Gasteiger partial charge in [0.05, 0.1) is 19.1 Å². The number of fused-ring (bicyclic) bond motifs is 1. The predicted molar refractivity (Wildman–Crippen MR) is 99.0 cm³/mol. The number of halogens is 1. The van der Waals surface area contributed by atoms with Crippen molar-refractivity contribution < 1.29 is 13.9 Å². The van der Waals surface area contributed by atoms with Gasteiger partial charge in [-0.05, 0) is 43.2 Å². The average molecular weight is 357 g/mol. The Morgan fingerprint density at radius 2 is 2.20 bits per heavy atom. The van der Waals surface area contributed by atoms with Crippen LogP contribution in [-0.4, -0.2) is 18.0 Å². The molecule has 0 bridgehead atoms. The van der Waals surface area contributed by atoms with Gasteiger partial charge in [0, 0.05) is 29.3 Å². The number of furan rings is 1. The second-order valence-electron chi connectivity index (χ2n) is 5.63. The number of ether oxygens (including phenoxy) is 1. The fraction of sp³-hybridized carbons (Fsp3) is 0.158. The number of aromatic nitrogens is 1. The molecule has 0 fully saturated rings. The summed E-state index contributed by atoms with van der Waals surface area (Å²) >= 11 is 5.96. The van der Waals surface area contributed by atoms with Gasteiger partial charge in [0.1, 0.15) is 11.3 Å². The molecule has 0 aliphatic rings. The number of anilines is 1. The van der Waals surface area contributed by atoms with Crippen LogP contribution in [0.5, 0.6) is 5.75 Å². The third kappa shape index (κ3) is 3.51. The van der Waals surface area contributed by atoms with Crippen LogP contribution in [0, 0.1) is 6.92 Å². The van der Waals surface area contributed by atoms with E-state index in [2.05, 4.69) is 10.3 Å². The van der Waals surface area contributed by atoms with Crippen LogP contribution in [0.1, 0.15) is 18.1 Å². The number of carbonyl (C=O) groups is 1. The summed E-state index contributed by atoms with van der Waals surface area (Å²) < 4.78 is 10.9. The van der Waals surface area contributed by atoms with E-state index < -0.39 is 0 Å². The lowest BCUT2D eigenvalue weighted by Crippen LogP contribution is -2.09. The molecule has 0 spiro atoms. The van der Waals surface area contributed by atoms with Crippen LogP contribution in [0.2, 0.25) is 5.15 Å². The number of pyridine rings is 1. The van der Waals surface area contributed by atoms with E-state index in [0.717, 1.165) is 27.7 Å². The van der Waals surface area contributed by atoms with Crippen LogP contribution < -0.4 is 10.1 Å². The number of hydrogen-bond donors (Lipinski definition) is 1. The number of benzene rings is 1. The van der Waals surface area contributed by atoms with Crippen molar-refractivity contribution in [3.63, 3.8) is 0 Å². The molecule has 128 valence electrons. The number of aryl methyl sites for hydroxylation is 1. The van der Waals surface area contributed by atoms with Crippen molar-refractivity contribution in [3.05, 3.63) is 59.1 Å². The van der Waals surface area contributed by atoms with Crippen LogP contribution in [0.4, 0.5) is 5.69 Å². The number of rotatable bonds is 4. The van der Waals surface area contributed by atoms with Crippen molar-refractivity contribution in [3.8, 4) is 5.75 Å². The highest BCUT2D eigenvalue weighted by atomic mass is 35.5. The molecule has 0 saturated heterocycles.